The number of rotatable bonds is 3. The van der Waals surface area contributed by atoms with Crippen molar-refractivity contribution in [2.24, 2.45) is 5.92 Å². The maximum Gasteiger partial charge on any atom is 0.224 e. The molecule has 98 valence electrons. The van der Waals surface area contributed by atoms with Crippen molar-refractivity contribution in [2.75, 3.05) is 37.3 Å². The molecule has 2 bridgehead atoms. The highest BCUT2D eigenvalue weighted by Crippen LogP contribution is 2.30. The lowest BCUT2D eigenvalue weighted by atomic mass is 9.84. The van der Waals surface area contributed by atoms with Crippen LogP contribution in [-0.2, 0) is 0 Å². The molecule has 0 aromatic carbocycles. The summed E-state index contributed by atoms with van der Waals surface area (Å²) < 4.78 is 0. The first-order chi connectivity index (χ1) is 8.76. The summed E-state index contributed by atoms with van der Waals surface area (Å²) in [5.41, 5.74) is 1.12. The second-order valence-corrected chi connectivity index (χ2v) is 5.36. The van der Waals surface area contributed by atoms with E-state index in [4.69, 9.17) is 0 Å². The largest absolute Gasteiger partial charge is 0.365 e. The molecule has 3 fully saturated rings. The van der Waals surface area contributed by atoms with Crippen molar-refractivity contribution in [3.63, 3.8) is 0 Å². The van der Waals surface area contributed by atoms with Gasteiger partial charge in [-0.05, 0) is 38.8 Å². The fourth-order valence-electron chi connectivity index (χ4n) is 3.01. The molecule has 3 aliphatic heterocycles. The zero-order chi connectivity index (χ0) is 12.5. The Hall–Kier alpha value is -1.36. The van der Waals surface area contributed by atoms with Gasteiger partial charge in [0.15, 0.2) is 0 Å². The lowest BCUT2D eigenvalue weighted by molar-refractivity contribution is 0.0973. The summed E-state index contributed by atoms with van der Waals surface area (Å²) in [6.07, 6.45) is 4.52. The molecule has 0 aliphatic carbocycles. The lowest BCUT2D eigenvalue weighted by Crippen LogP contribution is -2.53. The molecule has 5 heteroatoms. The zero-order valence-corrected chi connectivity index (χ0v) is 11.1. The number of nitrogens with one attached hydrogen (secondary N) is 2. The van der Waals surface area contributed by atoms with Gasteiger partial charge in [-0.3, -0.25) is 0 Å². The van der Waals surface area contributed by atoms with E-state index in [-0.39, 0.29) is 0 Å². The molecule has 5 nitrogen and oxygen atoms in total. The molecule has 3 aliphatic rings. The third-order valence-electron chi connectivity index (χ3n) is 4.17. The second kappa shape index (κ2) is 4.72. The van der Waals surface area contributed by atoms with Crippen LogP contribution in [-0.4, -0.2) is 47.6 Å². The molecule has 1 aromatic heterocycles. The Kier molecular flexibility index (Phi) is 3.07. The Balaban J connectivity index is 1.76. The number of piperidine rings is 3. The van der Waals surface area contributed by atoms with E-state index in [9.17, 15) is 0 Å². The molecule has 0 amide bonds. The molecule has 0 radical (unpaired) electrons. The van der Waals surface area contributed by atoms with Crippen LogP contribution in [0.25, 0.3) is 0 Å². The Labute approximate surface area is 108 Å². The molecule has 2 N–H and O–H groups in total. The first-order valence-electron chi connectivity index (χ1n) is 6.76. The molecule has 1 aromatic rings. The minimum atomic E-state index is 0.547. The summed E-state index contributed by atoms with van der Waals surface area (Å²) in [4.78, 5) is 11.3. The van der Waals surface area contributed by atoms with Gasteiger partial charge in [0, 0.05) is 31.4 Å². The van der Waals surface area contributed by atoms with Crippen molar-refractivity contribution in [3.05, 3.63) is 11.8 Å². The molecule has 3 saturated heterocycles. The fourth-order valence-corrected chi connectivity index (χ4v) is 3.01. The SMILES string of the molecule is CNc1ncc(C)c(NC2CN3CCC2CC3)n1. The number of nitrogens with zero attached hydrogens (tertiary/aromatic N) is 3. The Bertz CT molecular complexity index is 425. The summed E-state index contributed by atoms with van der Waals surface area (Å²) in [5.74, 6) is 2.47. The number of hydrogen-bond donors (Lipinski definition) is 2. The van der Waals surface area contributed by atoms with E-state index in [1.165, 1.54) is 25.9 Å². The lowest BCUT2D eigenvalue weighted by Gasteiger charge is -2.45. The highest BCUT2D eigenvalue weighted by Gasteiger charge is 2.34. The van der Waals surface area contributed by atoms with Crippen LogP contribution in [0.3, 0.4) is 0 Å². The van der Waals surface area contributed by atoms with Gasteiger partial charge in [0.2, 0.25) is 5.95 Å². The maximum absolute atomic E-state index is 4.52. The minimum absolute atomic E-state index is 0.547. The smallest absolute Gasteiger partial charge is 0.224 e. The molecular weight excluding hydrogens is 226 g/mol. The summed E-state index contributed by atoms with van der Waals surface area (Å²) in [6.45, 7) is 5.76. The highest BCUT2D eigenvalue weighted by atomic mass is 15.2. The van der Waals surface area contributed by atoms with Crippen molar-refractivity contribution >= 4 is 11.8 Å². The molecular formula is C13H21N5. The predicted octanol–water partition coefficient (Wildman–Crippen LogP) is 1.33. The van der Waals surface area contributed by atoms with E-state index in [1.807, 2.05) is 13.2 Å². The van der Waals surface area contributed by atoms with E-state index in [1.54, 1.807) is 0 Å². The molecule has 0 saturated carbocycles. The predicted molar refractivity (Wildman–Crippen MR) is 72.9 cm³/mol. The molecule has 0 spiro atoms. The third-order valence-corrected chi connectivity index (χ3v) is 4.17. The normalized spacial score (nSPS) is 30.2. The topological polar surface area (TPSA) is 53.1 Å². The molecule has 1 atom stereocenters. The summed E-state index contributed by atoms with van der Waals surface area (Å²) >= 11 is 0. The van der Waals surface area contributed by atoms with Crippen LogP contribution in [0.4, 0.5) is 11.8 Å². The van der Waals surface area contributed by atoms with Crippen molar-refractivity contribution in [1.29, 1.82) is 0 Å². The zero-order valence-electron chi connectivity index (χ0n) is 11.1. The summed E-state index contributed by atoms with van der Waals surface area (Å²) in [7, 11) is 1.85. The number of hydrogen-bond acceptors (Lipinski definition) is 5. The number of anilines is 2. The van der Waals surface area contributed by atoms with Crippen molar-refractivity contribution in [2.45, 2.75) is 25.8 Å². The Morgan fingerprint density at radius 3 is 2.72 bits per heavy atom. The first kappa shape index (κ1) is 11.7. The average Bonchev–Trinajstić information content (AvgIpc) is 2.43. The van der Waals surface area contributed by atoms with Crippen LogP contribution in [0.2, 0.25) is 0 Å². The number of aromatic nitrogens is 2. The van der Waals surface area contributed by atoms with Gasteiger partial charge < -0.3 is 15.5 Å². The van der Waals surface area contributed by atoms with Crippen LogP contribution < -0.4 is 10.6 Å². The molecule has 4 rings (SSSR count). The van der Waals surface area contributed by atoms with Crippen LogP contribution in [0.5, 0.6) is 0 Å². The maximum atomic E-state index is 4.52. The van der Waals surface area contributed by atoms with Gasteiger partial charge in [-0.1, -0.05) is 0 Å². The van der Waals surface area contributed by atoms with E-state index >= 15 is 0 Å². The van der Waals surface area contributed by atoms with Gasteiger partial charge in [-0.15, -0.1) is 0 Å². The van der Waals surface area contributed by atoms with Crippen LogP contribution >= 0.6 is 0 Å². The first-order valence-corrected chi connectivity index (χ1v) is 6.76. The minimum Gasteiger partial charge on any atom is -0.365 e. The van der Waals surface area contributed by atoms with E-state index in [2.05, 4.69) is 32.4 Å². The van der Waals surface area contributed by atoms with Crippen molar-refractivity contribution in [1.82, 2.24) is 14.9 Å². The third kappa shape index (κ3) is 2.14. The fraction of sp³-hybridized carbons (Fsp3) is 0.692. The van der Waals surface area contributed by atoms with Gasteiger partial charge >= 0.3 is 0 Å². The van der Waals surface area contributed by atoms with Crippen molar-refractivity contribution < 1.29 is 0 Å². The Morgan fingerprint density at radius 2 is 2.11 bits per heavy atom. The number of fused-ring (bicyclic) bond motifs is 3. The van der Waals surface area contributed by atoms with Crippen LogP contribution in [0, 0.1) is 12.8 Å². The monoisotopic (exact) mass is 247 g/mol. The van der Waals surface area contributed by atoms with Crippen LogP contribution in [0.15, 0.2) is 6.20 Å². The average molecular weight is 247 g/mol. The van der Waals surface area contributed by atoms with Gasteiger partial charge in [-0.2, -0.15) is 4.98 Å². The van der Waals surface area contributed by atoms with Gasteiger partial charge in [0.05, 0.1) is 0 Å². The highest BCUT2D eigenvalue weighted by molar-refractivity contribution is 5.47. The number of aryl methyl sites for hydroxylation is 1. The van der Waals surface area contributed by atoms with Gasteiger partial charge in [0.1, 0.15) is 5.82 Å². The van der Waals surface area contributed by atoms with Crippen LogP contribution in [0.1, 0.15) is 18.4 Å². The molecule has 4 heterocycles. The summed E-state index contributed by atoms with van der Waals surface area (Å²) in [6, 6.07) is 0.547. The second-order valence-electron chi connectivity index (χ2n) is 5.36. The standard InChI is InChI=1S/C13H21N5/c1-9-7-15-13(14-2)17-12(9)16-11-8-18-5-3-10(11)4-6-18/h7,10-11H,3-6,8H2,1-2H3,(H2,14,15,16,17). The van der Waals surface area contributed by atoms with E-state index in [0.717, 1.165) is 23.8 Å². The molecule has 18 heavy (non-hydrogen) atoms. The Morgan fingerprint density at radius 1 is 1.33 bits per heavy atom. The van der Waals surface area contributed by atoms with Gasteiger partial charge in [0.25, 0.3) is 0 Å². The van der Waals surface area contributed by atoms with E-state index in [0.29, 0.717) is 12.0 Å². The van der Waals surface area contributed by atoms with Crippen molar-refractivity contribution in [3.8, 4) is 0 Å². The molecule has 1 unspecified atom stereocenters. The quantitative estimate of drug-likeness (QED) is 0.844. The summed E-state index contributed by atoms with van der Waals surface area (Å²) in [5, 5.41) is 6.62. The van der Waals surface area contributed by atoms with E-state index < -0.39 is 0 Å². The van der Waals surface area contributed by atoms with Gasteiger partial charge in [-0.25, -0.2) is 4.98 Å².